The van der Waals surface area contributed by atoms with E-state index < -0.39 is 16.8 Å². The average molecular weight is 447 g/mol. The van der Waals surface area contributed by atoms with E-state index in [1.165, 1.54) is 26.4 Å². The van der Waals surface area contributed by atoms with Crippen molar-refractivity contribution >= 4 is 23.3 Å². The highest BCUT2D eigenvalue weighted by atomic mass is 16.7. The number of ether oxygens (including phenoxy) is 3. The number of nitrogens with zero attached hydrogens (tertiary/aromatic N) is 3. The van der Waals surface area contributed by atoms with Gasteiger partial charge < -0.3 is 19.0 Å². The quantitative estimate of drug-likeness (QED) is 0.134. The molecular formula is C22H29N3O7. The Morgan fingerprint density at radius 1 is 1.22 bits per heavy atom. The third kappa shape index (κ3) is 6.13. The number of nitro benzene ring substituents is 1. The molecule has 0 saturated heterocycles. The highest BCUT2D eigenvalue weighted by molar-refractivity contribution is 5.99. The fourth-order valence-corrected chi connectivity index (χ4v) is 3.66. The summed E-state index contributed by atoms with van der Waals surface area (Å²) in [5, 5.41) is 15.4. The van der Waals surface area contributed by atoms with Gasteiger partial charge in [0.1, 0.15) is 6.61 Å². The zero-order valence-corrected chi connectivity index (χ0v) is 19.0. The molecule has 10 heteroatoms. The molecule has 0 N–H and O–H groups in total. The lowest BCUT2D eigenvalue weighted by Gasteiger charge is -2.32. The lowest BCUT2D eigenvalue weighted by molar-refractivity contribution is -0.384. The van der Waals surface area contributed by atoms with E-state index in [1.54, 1.807) is 19.1 Å². The summed E-state index contributed by atoms with van der Waals surface area (Å²) in [6.45, 7) is 6.69. The second-order valence-corrected chi connectivity index (χ2v) is 7.10. The Morgan fingerprint density at radius 3 is 2.59 bits per heavy atom. The number of oxime groups is 1. The van der Waals surface area contributed by atoms with Crippen LogP contribution in [0.3, 0.4) is 0 Å². The first-order valence-electron chi connectivity index (χ1n) is 10.2. The summed E-state index contributed by atoms with van der Waals surface area (Å²) in [4.78, 5) is 33.4. The minimum atomic E-state index is -0.538. The van der Waals surface area contributed by atoms with Crippen LogP contribution in [0.2, 0.25) is 0 Å². The lowest BCUT2D eigenvalue weighted by atomic mass is 9.74. The number of nitro groups is 1. The van der Waals surface area contributed by atoms with Gasteiger partial charge in [0.05, 0.1) is 31.3 Å². The Bertz CT molecular complexity index is 924. The van der Waals surface area contributed by atoms with Crippen LogP contribution in [0.15, 0.2) is 45.7 Å². The fraction of sp³-hybridized carbons (Fsp3) is 0.500. The maximum atomic E-state index is 12.7. The SMILES string of the molecule is CCOCCO/N=C(/CC1C(C)=NC(C)=C(C(=O)OC)C1c1cccc([N+](=O)[O-])c1)OC. The smallest absolute Gasteiger partial charge is 0.336 e. The maximum Gasteiger partial charge on any atom is 0.336 e. The van der Waals surface area contributed by atoms with E-state index in [0.717, 1.165) is 5.71 Å². The molecule has 0 fully saturated rings. The van der Waals surface area contributed by atoms with Crippen molar-refractivity contribution in [3.63, 3.8) is 0 Å². The molecule has 2 unspecified atom stereocenters. The summed E-state index contributed by atoms with van der Waals surface area (Å²) in [7, 11) is 2.77. The molecule has 32 heavy (non-hydrogen) atoms. The van der Waals surface area contributed by atoms with Crippen molar-refractivity contribution in [2.24, 2.45) is 16.1 Å². The van der Waals surface area contributed by atoms with Gasteiger partial charge in [0, 0.05) is 48.4 Å². The Morgan fingerprint density at radius 2 is 1.97 bits per heavy atom. The molecule has 1 aromatic carbocycles. The number of hydrogen-bond donors (Lipinski definition) is 0. The summed E-state index contributed by atoms with van der Waals surface area (Å²) >= 11 is 0. The topological polar surface area (TPSA) is 122 Å². The molecule has 0 saturated carbocycles. The molecule has 2 atom stereocenters. The van der Waals surface area contributed by atoms with Crippen molar-refractivity contribution in [2.75, 3.05) is 34.0 Å². The van der Waals surface area contributed by atoms with E-state index in [9.17, 15) is 14.9 Å². The van der Waals surface area contributed by atoms with E-state index in [1.807, 2.05) is 13.8 Å². The summed E-state index contributed by atoms with van der Waals surface area (Å²) in [5.41, 5.74) is 2.13. The van der Waals surface area contributed by atoms with Crippen LogP contribution in [-0.2, 0) is 23.8 Å². The van der Waals surface area contributed by atoms with Crippen molar-refractivity contribution in [1.29, 1.82) is 0 Å². The lowest BCUT2D eigenvalue weighted by Crippen LogP contribution is -2.32. The monoisotopic (exact) mass is 447 g/mol. The average Bonchev–Trinajstić information content (AvgIpc) is 2.78. The third-order valence-electron chi connectivity index (χ3n) is 5.15. The highest BCUT2D eigenvalue weighted by Crippen LogP contribution is 2.41. The van der Waals surface area contributed by atoms with Gasteiger partial charge in [0.25, 0.3) is 5.69 Å². The van der Waals surface area contributed by atoms with Gasteiger partial charge in [0.2, 0.25) is 5.90 Å². The van der Waals surface area contributed by atoms with Gasteiger partial charge in [0.15, 0.2) is 0 Å². The van der Waals surface area contributed by atoms with Crippen molar-refractivity contribution in [3.05, 3.63) is 51.2 Å². The molecule has 0 amide bonds. The first-order valence-corrected chi connectivity index (χ1v) is 10.2. The molecule has 0 spiro atoms. The maximum absolute atomic E-state index is 12.7. The molecule has 0 aromatic heterocycles. The Kier molecular flexibility index (Phi) is 9.33. The molecule has 1 aliphatic rings. The number of aliphatic imine (C=N–C) groups is 1. The predicted molar refractivity (Wildman–Crippen MR) is 119 cm³/mol. The number of esters is 1. The molecule has 1 aromatic rings. The number of rotatable bonds is 10. The van der Waals surface area contributed by atoms with Gasteiger partial charge >= 0.3 is 5.97 Å². The van der Waals surface area contributed by atoms with Crippen LogP contribution >= 0.6 is 0 Å². The fourth-order valence-electron chi connectivity index (χ4n) is 3.66. The summed E-state index contributed by atoms with van der Waals surface area (Å²) in [6.07, 6.45) is 0.265. The second kappa shape index (κ2) is 11.9. The minimum absolute atomic E-state index is 0.0665. The zero-order chi connectivity index (χ0) is 23.7. The predicted octanol–water partition coefficient (Wildman–Crippen LogP) is 3.62. The largest absolute Gasteiger partial charge is 0.482 e. The highest BCUT2D eigenvalue weighted by Gasteiger charge is 2.38. The molecule has 174 valence electrons. The van der Waals surface area contributed by atoms with Crippen LogP contribution in [0.1, 0.15) is 38.7 Å². The van der Waals surface area contributed by atoms with Crippen molar-refractivity contribution in [2.45, 2.75) is 33.1 Å². The number of benzene rings is 1. The van der Waals surface area contributed by atoms with Gasteiger partial charge in [-0.1, -0.05) is 17.3 Å². The van der Waals surface area contributed by atoms with Gasteiger partial charge in [-0.2, -0.15) is 0 Å². The first-order chi connectivity index (χ1) is 15.3. The molecule has 0 aliphatic carbocycles. The first kappa shape index (κ1) is 25.0. The number of non-ortho nitro benzene ring substituents is 1. The van der Waals surface area contributed by atoms with E-state index >= 15 is 0 Å². The Balaban J connectivity index is 2.45. The molecule has 0 bridgehead atoms. The van der Waals surface area contributed by atoms with E-state index in [2.05, 4.69) is 10.1 Å². The molecule has 1 aliphatic heterocycles. The van der Waals surface area contributed by atoms with Crippen LogP contribution in [0, 0.1) is 16.0 Å². The van der Waals surface area contributed by atoms with Crippen molar-refractivity contribution in [1.82, 2.24) is 0 Å². The van der Waals surface area contributed by atoms with Gasteiger partial charge in [-0.15, -0.1) is 0 Å². The molecular weight excluding hydrogens is 418 g/mol. The number of carbonyl (C=O) groups excluding carboxylic acids is 1. The molecule has 0 radical (unpaired) electrons. The van der Waals surface area contributed by atoms with E-state index in [4.69, 9.17) is 19.0 Å². The van der Waals surface area contributed by atoms with Crippen LogP contribution in [0.5, 0.6) is 0 Å². The molecule has 10 nitrogen and oxygen atoms in total. The van der Waals surface area contributed by atoms with E-state index in [0.29, 0.717) is 35.9 Å². The van der Waals surface area contributed by atoms with Crippen LogP contribution in [0.25, 0.3) is 0 Å². The minimum Gasteiger partial charge on any atom is -0.482 e. The number of methoxy groups -OCH3 is 2. The van der Waals surface area contributed by atoms with Crippen LogP contribution in [-0.4, -0.2) is 56.5 Å². The number of allylic oxidation sites excluding steroid dienone is 1. The third-order valence-corrected chi connectivity index (χ3v) is 5.15. The van der Waals surface area contributed by atoms with Crippen LogP contribution < -0.4 is 0 Å². The summed E-state index contributed by atoms with van der Waals surface area (Å²) in [5.74, 6) is -1.13. The summed E-state index contributed by atoms with van der Waals surface area (Å²) in [6, 6.07) is 6.22. The Hall–Kier alpha value is -3.27. The van der Waals surface area contributed by atoms with Crippen molar-refractivity contribution < 1.29 is 28.8 Å². The van der Waals surface area contributed by atoms with Gasteiger partial charge in [-0.05, 0) is 26.3 Å². The second-order valence-electron chi connectivity index (χ2n) is 7.10. The normalized spacial score (nSPS) is 18.8. The van der Waals surface area contributed by atoms with E-state index in [-0.39, 0.29) is 24.6 Å². The number of hydrogen-bond acceptors (Lipinski definition) is 9. The Labute approximate surface area is 187 Å². The zero-order valence-electron chi connectivity index (χ0n) is 19.0. The number of carbonyl (C=O) groups is 1. The molecule has 1 heterocycles. The van der Waals surface area contributed by atoms with Crippen LogP contribution in [0.4, 0.5) is 5.69 Å². The van der Waals surface area contributed by atoms with Crippen molar-refractivity contribution in [3.8, 4) is 0 Å². The van der Waals surface area contributed by atoms with Gasteiger partial charge in [-0.3, -0.25) is 15.1 Å². The molecule has 2 rings (SSSR count). The van der Waals surface area contributed by atoms with Gasteiger partial charge in [-0.25, -0.2) is 4.79 Å². The standard InChI is InChI=1S/C22H29N3O7/c1-6-31-10-11-32-24-19(29-4)13-18-14(2)23-15(3)20(22(26)30-5)21(18)16-8-7-9-17(12-16)25(27)28/h7-9,12,18,21H,6,10-11,13H2,1-5H3/b24-19-. The summed E-state index contributed by atoms with van der Waals surface area (Å²) < 4.78 is 15.6.